The molecule has 2 heterocycles. The van der Waals surface area contributed by atoms with Crippen molar-refractivity contribution in [3.63, 3.8) is 0 Å². The molecule has 118 valence electrons. The van der Waals surface area contributed by atoms with Crippen molar-refractivity contribution in [2.45, 2.75) is 70.9 Å². The predicted molar refractivity (Wildman–Crippen MR) is 87.3 cm³/mol. The van der Waals surface area contributed by atoms with E-state index in [4.69, 9.17) is 0 Å². The zero-order valence-corrected chi connectivity index (χ0v) is 13.7. The Labute approximate surface area is 126 Å². The minimum atomic E-state index is 0.765. The van der Waals surface area contributed by atoms with Crippen LogP contribution in [0.25, 0.3) is 0 Å². The highest BCUT2D eigenvalue weighted by atomic mass is 15.3. The third kappa shape index (κ3) is 4.71. The predicted octanol–water partition coefficient (Wildman–Crippen LogP) is 2.71. The lowest BCUT2D eigenvalue weighted by Crippen LogP contribution is -2.45. The molecule has 2 atom stereocenters. The van der Waals surface area contributed by atoms with Crippen molar-refractivity contribution in [2.24, 2.45) is 0 Å². The van der Waals surface area contributed by atoms with Crippen molar-refractivity contribution in [1.82, 2.24) is 15.1 Å². The highest BCUT2D eigenvalue weighted by molar-refractivity contribution is 4.88. The van der Waals surface area contributed by atoms with E-state index < -0.39 is 0 Å². The summed E-state index contributed by atoms with van der Waals surface area (Å²) in [5.74, 6) is 0. The van der Waals surface area contributed by atoms with Crippen LogP contribution in [0.2, 0.25) is 0 Å². The van der Waals surface area contributed by atoms with Crippen molar-refractivity contribution in [1.29, 1.82) is 0 Å². The summed E-state index contributed by atoms with van der Waals surface area (Å²) >= 11 is 0. The molecule has 2 rings (SSSR count). The molecule has 0 spiro atoms. The van der Waals surface area contributed by atoms with Gasteiger partial charge in [-0.3, -0.25) is 9.80 Å². The van der Waals surface area contributed by atoms with E-state index in [-0.39, 0.29) is 0 Å². The molecule has 0 aliphatic carbocycles. The zero-order chi connectivity index (χ0) is 14.2. The summed E-state index contributed by atoms with van der Waals surface area (Å²) in [5.41, 5.74) is 0. The summed E-state index contributed by atoms with van der Waals surface area (Å²) in [6.07, 6.45) is 9.60. The minimum Gasteiger partial charge on any atom is -0.315 e. The van der Waals surface area contributed by atoms with Gasteiger partial charge in [0.1, 0.15) is 0 Å². The molecule has 20 heavy (non-hydrogen) atoms. The quantitative estimate of drug-likeness (QED) is 0.690. The van der Waals surface area contributed by atoms with Crippen LogP contribution in [0.3, 0.4) is 0 Å². The molecule has 2 aliphatic heterocycles. The van der Waals surface area contributed by atoms with E-state index in [0.717, 1.165) is 12.1 Å². The highest BCUT2D eigenvalue weighted by Crippen LogP contribution is 2.22. The third-order valence-corrected chi connectivity index (χ3v) is 5.05. The fraction of sp³-hybridized carbons (Fsp3) is 1.00. The van der Waals surface area contributed by atoms with Crippen LogP contribution in [0, 0.1) is 0 Å². The molecule has 2 fully saturated rings. The van der Waals surface area contributed by atoms with Gasteiger partial charge in [0, 0.05) is 31.7 Å². The molecule has 0 aromatic carbocycles. The maximum Gasteiger partial charge on any atom is 0.0235 e. The van der Waals surface area contributed by atoms with Gasteiger partial charge >= 0.3 is 0 Å². The lowest BCUT2D eigenvalue weighted by molar-refractivity contribution is 0.148. The van der Waals surface area contributed by atoms with E-state index in [2.05, 4.69) is 29.0 Å². The van der Waals surface area contributed by atoms with E-state index >= 15 is 0 Å². The summed E-state index contributed by atoms with van der Waals surface area (Å²) in [4.78, 5) is 5.54. The highest BCUT2D eigenvalue weighted by Gasteiger charge is 2.31. The molecule has 2 aliphatic rings. The Morgan fingerprint density at radius 2 is 1.85 bits per heavy atom. The van der Waals surface area contributed by atoms with Crippen molar-refractivity contribution >= 4 is 0 Å². The second-order valence-corrected chi connectivity index (χ2v) is 6.68. The number of likely N-dealkylation sites (tertiary alicyclic amines) is 2. The first-order valence-corrected chi connectivity index (χ1v) is 9.04. The summed E-state index contributed by atoms with van der Waals surface area (Å²) < 4.78 is 0. The molecule has 3 nitrogen and oxygen atoms in total. The van der Waals surface area contributed by atoms with Gasteiger partial charge in [-0.2, -0.15) is 0 Å². The van der Waals surface area contributed by atoms with E-state index in [1.165, 1.54) is 84.2 Å². The average molecular weight is 281 g/mol. The fourth-order valence-corrected chi connectivity index (χ4v) is 3.87. The molecule has 3 heteroatoms. The number of nitrogens with zero attached hydrogens (tertiary/aromatic N) is 2. The molecule has 0 amide bonds. The monoisotopic (exact) mass is 281 g/mol. The molecule has 0 aromatic rings. The Morgan fingerprint density at radius 1 is 1.05 bits per heavy atom. The van der Waals surface area contributed by atoms with Gasteiger partial charge in [0.05, 0.1) is 0 Å². The molecule has 0 bridgehead atoms. The lowest BCUT2D eigenvalue weighted by Gasteiger charge is -2.33. The Kier molecular flexibility index (Phi) is 7.32. The van der Waals surface area contributed by atoms with Crippen LogP contribution in [0.1, 0.15) is 58.8 Å². The Hall–Kier alpha value is -0.120. The summed E-state index contributed by atoms with van der Waals surface area (Å²) in [6.45, 7) is 12.3. The molecule has 2 saturated heterocycles. The fourth-order valence-electron chi connectivity index (χ4n) is 3.87. The third-order valence-electron chi connectivity index (χ3n) is 5.05. The number of nitrogens with one attached hydrogen (secondary N) is 1. The van der Waals surface area contributed by atoms with Crippen LogP contribution in [0.15, 0.2) is 0 Å². The standard InChI is InChI=1S/C17H35N3/c1-3-8-16(14-18-10-4-2)20-13-9-17(15-20)19-11-6-5-7-12-19/h16-18H,3-15H2,1-2H3. The number of hydrogen-bond acceptors (Lipinski definition) is 3. The first-order chi connectivity index (χ1) is 9.85. The number of rotatable bonds is 8. The average Bonchev–Trinajstić information content (AvgIpc) is 2.97. The SMILES string of the molecule is CCCNCC(CCC)N1CCC(N2CCCCC2)C1. The van der Waals surface area contributed by atoms with Crippen LogP contribution in [-0.4, -0.2) is 61.2 Å². The number of hydrogen-bond donors (Lipinski definition) is 1. The molecular weight excluding hydrogens is 246 g/mol. The Morgan fingerprint density at radius 3 is 2.55 bits per heavy atom. The van der Waals surface area contributed by atoms with E-state index in [0.29, 0.717) is 0 Å². The first-order valence-electron chi connectivity index (χ1n) is 9.04. The molecule has 0 aromatic heterocycles. The van der Waals surface area contributed by atoms with E-state index in [9.17, 15) is 0 Å². The Balaban J connectivity index is 1.78. The van der Waals surface area contributed by atoms with Gasteiger partial charge in [0.15, 0.2) is 0 Å². The van der Waals surface area contributed by atoms with Crippen molar-refractivity contribution in [3.05, 3.63) is 0 Å². The van der Waals surface area contributed by atoms with Crippen molar-refractivity contribution < 1.29 is 0 Å². The maximum absolute atomic E-state index is 3.64. The van der Waals surface area contributed by atoms with Crippen LogP contribution in [-0.2, 0) is 0 Å². The van der Waals surface area contributed by atoms with Gasteiger partial charge in [0.2, 0.25) is 0 Å². The first kappa shape index (κ1) is 16.3. The second kappa shape index (κ2) is 9.01. The number of piperidine rings is 1. The van der Waals surface area contributed by atoms with Crippen LogP contribution in [0.4, 0.5) is 0 Å². The zero-order valence-electron chi connectivity index (χ0n) is 13.7. The van der Waals surface area contributed by atoms with Gasteiger partial charge in [0.25, 0.3) is 0 Å². The summed E-state index contributed by atoms with van der Waals surface area (Å²) in [6, 6.07) is 1.61. The normalized spacial score (nSPS) is 27.0. The smallest absolute Gasteiger partial charge is 0.0235 e. The van der Waals surface area contributed by atoms with Crippen LogP contribution in [0.5, 0.6) is 0 Å². The Bertz CT molecular complexity index is 251. The van der Waals surface area contributed by atoms with E-state index in [1.54, 1.807) is 0 Å². The van der Waals surface area contributed by atoms with Gasteiger partial charge in [-0.05, 0) is 51.7 Å². The molecule has 0 saturated carbocycles. The second-order valence-electron chi connectivity index (χ2n) is 6.68. The molecule has 2 unspecified atom stereocenters. The van der Waals surface area contributed by atoms with E-state index in [1.807, 2.05) is 0 Å². The summed E-state index contributed by atoms with van der Waals surface area (Å²) in [7, 11) is 0. The molecular formula is C17H35N3. The van der Waals surface area contributed by atoms with Crippen LogP contribution >= 0.6 is 0 Å². The molecule has 0 radical (unpaired) electrons. The minimum absolute atomic E-state index is 0.765. The van der Waals surface area contributed by atoms with Crippen molar-refractivity contribution in [2.75, 3.05) is 39.3 Å². The summed E-state index contributed by atoms with van der Waals surface area (Å²) in [5, 5.41) is 3.64. The molecule has 1 N–H and O–H groups in total. The van der Waals surface area contributed by atoms with Gasteiger partial charge in [-0.25, -0.2) is 0 Å². The van der Waals surface area contributed by atoms with Gasteiger partial charge < -0.3 is 5.32 Å². The van der Waals surface area contributed by atoms with Crippen molar-refractivity contribution in [3.8, 4) is 0 Å². The van der Waals surface area contributed by atoms with Crippen LogP contribution < -0.4 is 5.32 Å². The van der Waals surface area contributed by atoms with Gasteiger partial charge in [-0.1, -0.05) is 26.7 Å². The maximum atomic E-state index is 3.64. The van der Waals surface area contributed by atoms with Gasteiger partial charge in [-0.15, -0.1) is 0 Å². The topological polar surface area (TPSA) is 18.5 Å². The lowest BCUT2D eigenvalue weighted by atomic mass is 10.1. The largest absolute Gasteiger partial charge is 0.315 e.